The molecule has 2 rings (SSSR count). The summed E-state index contributed by atoms with van der Waals surface area (Å²) in [5.74, 6) is 1.26. The molecule has 1 aromatic heterocycles. The van der Waals surface area contributed by atoms with Crippen LogP contribution in [0.25, 0.3) is 0 Å². The summed E-state index contributed by atoms with van der Waals surface area (Å²) in [6.45, 7) is 1.75. The van der Waals surface area contributed by atoms with Crippen molar-refractivity contribution in [1.29, 1.82) is 0 Å². The van der Waals surface area contributed by atoms with Gasteiger partial charge in [-0.15, -0.1) is 0 Å². The van der Waals surface area contributed by atoms with Gasteiger partial charge in [-0.1, -0.05) is 17.3 Å². The lowest BCUT2D eigenvalue weighted by Gasteiger charge is -2.06. The number of nitrogens with two attached hydrogens (primary N) is 1. The first-order chi connectivity index (χ1) is 7.65. The number of phenols is 1. The van der Waals surface area contributed by atoms with Crippen LogP contribution in [0.4, 0.5) is 0 Å². The summed E-state index contributed by atoms with van der Waals surface area (Å²) in [5, 5.41) is 12.8. The zero-order valence-electron chi connectivity index (χ0n) is 8.92. The van der Waals surface area contributed by atoms with E-state index in [1.165, 1.54) is 0 Å². The van der Waals surface area contributed by atoms with Crippen molar-refractivity contribution in [2.45, 2.75) is 19.4 Å². The summed E-state index contributed by atoms with van der Waals surface area (Å²) in [6.07, 6.45) is 0.599. The maximum atomic E-state index is 9.14. The van der Waals surface area contributed by atoms with Crippen molar-refractivity contribution in [1.82, 2.24) is 10.1 Å². The molecule has 1 heterocycles. The average molecular weight is 219 g/mol. The van der Waals surface area contributed by atoms with Gasteiger partial charge in [0.2, 0.25) is 5.89 Å². The van der Waals surface area contributed by atoms with Gasteiger partial charge >= 0.3 is 0 Å². The molecular formula is C11H13N3O2. The van der Waals surface area contributed by atoms with Crippen LogP contribution < -0.4 is 5.73 Å². The fourth-order valence-corrected chi connectivity index (χ4v) is 1.44. The van der Waals surface area contributed by atoms with Crippen LogP contribution >= 0.6 is 0 Å². The van der Waals surface area contributed by atoms with E-state index in [9.17, 15) is 0 Å². The van der Waals surface area contributed by atoms with Crippen molar-refractivity contribution in [3.05, 3.63) is 41.5 Å². The van der Waals surface area contributed by atoms with Gasteiger partial charge in [-0.3, -0.25) is 0 Å². The molecule has 1 atom stereocenters. The number of nitrogens with zero attached hydrogens (tertiary/aromatic N) is 2. The van der Waals surface area contributed by atoms with Crippen LogP contribution in [0.1, 0.15) is 23.3 Å². The van der Waals surface area contributed by atoms with Crippen LogP contribution in [0.2, 0.25) is 0 Å². The lowest BCUT2D eigenvalue weighted by Crippen LogP contribution is -2.13. The normalized spacial score (nSPS) is 12.6. The number of phenolic OH excluding ortho intramolecular Hbond substituents is 1. The minimum atomic E-state index is -0.314. The molecule has 5 nitrogen and oxygen atoms in total. The Labute approximate surface area is 92.9 Å². The molecule has 1 aromatic carbocycles. The van der Waals surface area contributed by atoms with Gasteiger partial charge in [0.25, 0.3) is 0 Å². The van der Waals surface area contributed by atoms with E-state index in [4.69, 9.17) is 15.4 Å². The largest absolute Gasteiger partial charge is 0.508 e. The van der Waals surface area contributed by atoms with Gasteiger partial charge in [0.15, 0.2) is 5.82 Å². The highest BCUT2D eigenvalue weighted by Crippen LogP contribution is 2.16. The standard InChI is InChI=1S/C11H13N3O2/c1-7-13-11(16-14-7)10(12)6-8-2-4-9(15)5-3-8/h2-5,10,15H,6,12H2,1H3/t10-/m1/s1. The van der Waals surface area contributed by atoms with E-state index in [2.05, 4.69) is 10.1 Å². The maximum Gasteiger partial charge on any atom is 0.243 e. The zero-order valence-corrected chi connectivity index (χ0v) is 8.92. The number of benzene rings is 1. The summed E-state index contributed by atoms with van der Waals surface area (Å²) in [6, 6.07) is 6.57. The third kappa shape index (κ3) is 2.38. The Morgan fingerprint density at radius 3 is 2.62 bits per heavy atom. The molecule has 0 fully saturated rings. The van der Waals surface area contributed by atoms with Gasteiger partial charge < -0.3 is 15.4 Å². The lowest BCUT2D eigenvalue weighted by molar-refractivity contribution is 0.351. The smallest absolute Gasteiger partial charge is 0.243 e. The van der Waals surface area contributed by atoms with Gasteiger partial charge in [0.05, 0.1) is 6.04 Å². The van der Waals surface area contributed by atoms with E-state index in [-0.39, 0.29) is 11.8 Å². The SMILES string of the molecule is Cc1noc([C@H](N)Cc2ccc(O)cc2)n1. The van der Waals surface area contributed by atoms with Crippen LogP contribution in [-0.2, 0) is 6.42 Å². The number of hydrogen-bond acceptors (Lipinski definition) is 5. The van der Waals surface area contributed by atoms with Crippen molar-refractivity contribution in [3.8, 4) is 5.75 Å². The molecule has 0 saturated heterocycles. The molecule has 0 aliphatic rings. The molecule has 0 bridgehead atoms. The molecule has 0 radical (unpaired) electrons. The molecule has 0 aliphatic carbocycles. The molecule has 0 spiro atoms. The molecule has 84 valence electrons. The minimum absolute atomic E-state index is 0.242. The van der Waals surface area contributed by atoms with Gasteiger partial charge in [-0.25, -0.2) is 0 Å². The molecule has 2 aromatic rings. The molecule has 0 saturated carbocycles. The van der Waals surface area contributed by atoms with Gasteiger partial charge in [0, 0.05) is 0 Å². The second kappa shape index (κ2) is 4.32. The molecule has 3 N–H and O–H groups in total. The number of aryl methyl sites for hydroxylation is 1. The molecule has 16 heavy (non-hydrogen) atoms. The third-order valence-corrected chi connectivity index (χ3v) is 2.25. The monoisotopic (exact) mass is 219 g/mol. The van der Waals surface area contributed by atoms with Crippen molar-refractivity contribution in [2.24, 2.45) is 5.73 Å². The van der Waals surface area contributed by atoms with Crippen molar-refractivity contribution in [3.63, 3.8) is 0 Å². The fraction of sp³-hybridized carbons (Fsp3) is 0.273. The molecule has 5 heteroatoms. The number of hydrogen-bond donors (Lipinski definition) is 2. The fourth-order valence-electron chi connectivity index (χ4n) is 1.44. The predicted molar refractivity (Wildman–Crippen MR) is 57.8 cm³/mol. The lowest BCUT2D eigenvalue weighted by atomic mass is 10.1. The number of aromatic nitrogens is 2. The van der Waals surface area contributed by atoms with E-state index >= 15 is 0 Å². The first-order valence-electron chi connectivity index (χ1n) is 4.99. The van der Waals surface area contributed by atoms with Gasteiger partial charge in [-0.2, -0.15) is 4.98 Å². The average Bonchev–Trinajstić information content (AvgIpc) is 2.68. The summed E-state index contributed by atoms with van der Waals surface area (Å²) in [5.41, 5.74) is 6.93. The highest BCUT2D eigenvalue weighted by atomic mass is 16.5. The number of rotatable bonds is 3. The Bertz CT molecular complexity index is 464. The predicted octanol–water partition coefficient (Wildman–Crippen LogP) is 1.33. The third-order valence-electron chi connectivity index (χ3n) is 2.25. The second-order valence-corrected chi connectivity index (χ2v) is 3.66. The van der Waals surface area contributed by atoms with Gasteiger partial charge in [-0.05, 0) is 31.0 Å². The molecular weight excluding hydrogens is 206 g/mol. The Kier molecular flexibility index (Phi) is 2.87. The summed E-state index contributed by atoms with van der Waals surface area (Å²) in [7, 11) is 0. The van der Waals surface area contributed by atoms with Crippen LogP contribution in [0.15, 0.2) is 28.8 Å². The Morgan fingerprint density at radius 2 is 2.06 bits per heavy atom. The minimum Gasteiger partial charge on any atom is -0.508 e. The number of aromatic hydroxyl groups is 1. The van der Waals surface area contributed by atoms with E-state index in [0.29, 0.717) is 18.1 Å². The van der Waals surface area contributed by atoms with Crippen LogP contribution in [0.3, 0.4) is 0 Å². The Balaban J connectivity index is 2.07. The molecule has 0 unspecified atom stereocenters. The van der Waals surface area contributed by atoms with Crippen LogP contribution in [-0.4, -0.2) is 15.2 Å². The summed E-state index contributed by atoms with van der Waals surface area (Å²) < 4.78 is 4.99. The second-order valence-electron chi connectivity index (χ2n) is 3.66. The highest BCUT2D eigenvalue weighted by Gasteiger charge is 2.13. The molecule has 0 aliphatic heterocycles. The first-order valence-corrected chi connectivity index (χ1v) is 4.99. The highest BCUT2D eigenvalue weighted by molar-refractivity contribution is 5.26. The quantitative estimate of drug-likeness (QED) is 0.813. The van der Waals surface area contributed by atoms with Crippen molar-refractivity contribution < 1.29 is 9.63 Å². The first kappa shape index (κ1) is 10.6. The van der Waals surface area contributed by atoms with Crippen molar-refractivity contribution >= 4 is 0 Å². The Morgan fingerprint density at radius 1 is 1.38 bits per heavy atom. The van der Waals surface area contributed by atoms with E-state index in [1.807, 2.05) is 12.1 Å². The zero-order chi connectivity index (χ0) is 11.5. The van der Waals surface area contributed by atoms with E-state index in [1.54, 1.807) is 19.1 Å². The van der Waals surface area contributed by atoms with E-state index in [0.717, 1.165) is 5.56 Å². The molecule has 0 amide bonds. The van der Waals surface area contributed by atoms with Crippen LogP contribution in [0.5, 0.6) is 5.75 Å². The van der Waals surface area contributed by atoms with Crippen molar-refractivity contribution in [2.75, 3.05) is 0 Å². The topological polar surface area (TPSA) is 85.2 Å². The summed E-state index contributed by atoms with van der Waals surface area (Å²) >= 11 is 0. The van der Waals surface area contributed by atoms with Gasteiger partial charge in [0.1, 0.15) is 5.75 Å². The Hall–Kier alpha value is -1.88. The van der Waals surface area contributed by atoms with E-state index < -0.39 is 0 Å². The maximum absolute atomic E-state index is 9.14. The summed E-state index contributed by atoms with van der Waals surface area (Å²) in [4.78, 5) is 4.07. The van der Waals surface area contributed by atoms with Crippen LogP contribution in [0, 0.1) is 6.92 Å².